The Hall–Kier alpha value is -2.66. The zero-order valence-electron chi connectivity index (χ0n) is 20.5. The van der Waals surface area contributed by atoms with Crippen molar-refractivity contribution in [2.75, 3.05) is 13.2 Å². The molecule has 0 atom stereocenters. The molecular weight excluding hydrogens is 477 g/mol. The van der Waals surface area contributed by atoms with Crippen LogP contribution in [0.25, 0.3) is 10.9 Å². The lowest BCUT2D eigenvalue weighted by Crippen LogP contribution is -2.22. The lowest BCUT2D eigenvalue weighted by molar-refractivity contribution is -0.137. The molecule has 35 heavy (non-hydrogen) atoms. The van der Waals surface area contributed by atoms with Gasteiger partial charge in [0.1, 0.15) is 6.73 Å². The number of carbonyl (C=O) groups is 1. The average molecular weight is 509 g/mol. The molecule has 4 rings (SSSR count). The quantitative estimate of drug-likeness (QED) is 0.201. The Morgan fingerprint density at radius 3 is 2.60 bits per heavy atom. The van der Waals surface area contributed by atoms with E-state index in [0.29, 0.717) is 18.0 Å². The summed E-state index contributed by atoms with van der Waals surface area (Å²) in [5, 5.41) is 7.82. The molecule has 3 aromatic rings. The van der Waals surface area contributed by atoms with Gasteiger partial charge in [-0.2, -0.15) is 13.2 Å². The van der Waals surface area contributed by atoms with Crippen LogP contribution in [0.1, 0.15) is 53.0 Å². The topological polar surface area (TPSA) is 71.2 Å². The van der Waals surface area contributed by atoms with Crippen LogP contribution in [0.3, 0.4) is 0 Å². The van der Waals surface area contributed by atoms with Crippen LogP contribution in [0.4, 0.5) is 13.2 Å². The van der Waals surface area contributed by atoms with E-state index in [4.69, 9.17) is 9.47 Å². The number of hydrogen-bond donors (Lipinski definition) is 0. The van der Waals surface area contributed by atoms with Crippen LogP contribution in [0.15, 0.2) is 24.4 Å². The summed E-state index contributed by atoms with van der Waals surface area (Å²) in [6.07, 6.45) is -1.28. The minimum Gasteiger partial charge on any atom is -0.461 e. The highest BCUT2D eigenvalue weighted by atomic mass is 28.3. The van der Waals surface area contributed by atoms with Gasteiger partial charge in [0.2, 0.25) is 0 Å². The molecule has 1 aromatic carbocycles. The Morgan fingerprint density at radius 1 is 1.23 bits per heavy atom. The van der Waals surface area contributed by atoms with Crippen molar-refractivity contribution >= 4 is 24.9 Å². The monoisotopic (exact) mass is 508 g/mol. The first-order valence-corrected chi connectivity index (χ1v) is 15.6. The first-order chi connectivity index (χ1) is 16.5. The molecular formula is C24H31F3N4O3Si. The van der Waals surface area contributed by atoms with Gasteiger partial charge in [-0.15, -0.1) is 5.10 Å². The van der Waals surface area contributed by atoms with E-state index in [0.717, 1.165) is 24.4 Å². The van der Waals surface area contributed by atoms with E-state index in [1.165, 1.54) is 10.9 Å². The van der Waals surface area contributed by atoms with Gasteiger partial charge in [0.05, 0.1) is 36.1 Å². The number of alkyl halides is 3. The van der Waals surface area contributed by atoms with Crippen LogP contribution in [-0.4, -0.2) is 46.8 Å². The molecule has 0 N–H and O–H groups in total. The number of nitrogens with zero attached hydrogens (tertiary/aromatic N) is 4. The third kappa shape index (κ3) is 5.95. The smallest absolute Gasteiger partial charge is 0.418 e. The number of aromatic nitrogens is 4. The van der Waals surface area contributed by atoms with Crippen LogP contribution in [0.2, 0.25) is 25.7 Å². The average Bonchev–Trinajstić information content (AvgIpc) is 3.42. The van der Waals surface area contributed by atoms with Crippen molar-refractivity contribution in [1.82, 2.24) is 19.6 Å². The fourth-order valence-electron chi connectivity index (χ4n) is 4.09. The molecule has 7 nitrogen and oxygen atoms in total. The standard InChI is InChI=1S/C24H31F3N4O3Si/c1-5-34-23(32)19-13-30(29-28-19)14-21-22(24(25,26)27)18-12-17(16-6-7-16)8-9-20(18)31(21)15-33-10-11-35(2,3)4/h8-9,12-13,16H,5-7,10-11,14-15H2,1-4H3. The van der Waals surface area contributed by atoms with E-state index < -0.39 is 25.8 Å². The number of esters is 1. The summed E-state index contributed by atoms with van der Waals surface area (Å²) in [5.74, 6) is -0.346. The van der Waals surface area contributed by atoms with Crippen molar-refractivity contribution in [1.29, 1.82) is 0 Å². The van der Waals surface area contributed by atoms with Crippen LogP contribution in [0, 0.1) is 0 Å². The van der Waals surface area contributed by atoms with Crippen LogP contribution in [0.5, 0.6) is 0 Å². The van der Waals surface area contributed by atoms with Gasteiger partial charge in [-0.3, -0.25) is 0 Å². The summed E-state index contributed by atoms with van der Waals surface area (Å²) in [7, 11) is -1.36. The molecule has 1 saturated carbocycles. The minimum absolute atomic E-state index is 0.00536. The van der Waals surface area contributed by atoms with Crippen LogP contribution >= 0.6 is 0 Å². The molecule has 11 heteroatoms. The van der Waals surface area contributed by atoms with Crippen molar-refractivity contribution in [3.63, 3.8) is 0 Å². The van der Waals surface area contributed by atoms with Gasteiger partial charge in [-0.25, -0.2) is 9.48 Å². The van der Waals surface area contributed by atoms with Gasteiger partial charge in [0.25, 0.3) is 0 Å². The van der Waals surface area contributed by atoms with E-state index in [9.17, 15) is 18.0 Å². The van der Waals surface area contributed by atoms with Gasteiger partial charge in [0, 0.05) is 20.1 Å². The van der Waals surface area contributed by atoms with Crippen LogP contribution in [-0.2, 0) is 28.9 Å². The summed E-state index contributed by atoms with van der Waals surface area (Å²) < 4.78 is 57.0. The molecule has 0 radical (unpaired) electrons. The van der Waals surface area contributed by atoms with Crippen LogP contribution < -0.4 is 0 Å². The molecule has 2 heterocycles. The number of halogens is 3. The highest BCUT2D eigenvalue weighted by Gasteiger charge is 2.39. The number of rotatable bonds is 10. The summed E-state index contributed by atoms with van der Waals surface area (Å²) >= 11 is 0. The molecule has 190 valence electrons. The van der Waals surface area contributed by atoms with E-state index in [2.05, 4.69) is 30.0 Å². The number of ether oxygens (including phenoxy) is 2. The zero-order chi connectivity index (χ0) is 25.4. The van der Waals surface area contributed by atoms with E-state index in [1.54, 1.807) is 23.6 Å². The molecule has 0 spiro atoms. The molecule has 0 amide bonds. The van der Waals surface area contributed by atoms with Crippen molar-refractivity contribution in [2.45, 2.75) is 70.8 Å². The van der Waals surface area contributed by atoms with Crippen molar-refractivity contribution in [3.8, 4) is 0 Å². The molecule has 0 bridgehead atoms. The highest BCUT2D eigenvalue weighted by Crippen LogP contribution is 2.44. The Balaban J connectivity index is 1.75. The number of hydrogen-bond acceptors (Lipinski definition) is 5. The van der Waals surface area contributed by atoms with E-state index in [1.807, 2.05) is 6.07 Å². The first kappa shape index (κ1) is 25.4. The third-order valence-electron chi connectivity index (χ3n) is 6.08. The van der Waals surface area contributed by atoms with Gasteiger partial charge < -0.3 is 14.0 Å². The maximum absolute atomic E-state index is 14.5. The molecule has 1 aliphatic rings. The van der Waals surface area contributed by atoms with Gasteiger partial charge >= 0.3 is 12.1 Å². The minimum atomic E-state index is -4.58. The fraction of sp³-hybridized carbons (Fsp3) is 0.542. The summed E-state index contributed by atoms with van der Waals surface area (Å²) in [5.41, 5.74) is 0.670. The van der Waals surface area contributed by atoms with Gasteiger partial charge in [-0.1, -0.05) is 30.9 Å². The maximum atomic E-state index is 14.5. The lowest BCUT2D eigenvalue weighted by Gasteiger charge is -2.17. The van der Waals surface area contributed by atoms with Gasteiger partial charge in [-0.05, 0) is 49.4 Å². The molecule has 0 saturated heterocycles. The molecule has 1 fully saturated rings. The maximum Gasteiger partial charge on any atom is 0.418 e. The zero-order valence-corrected chi connectivity index (χ0v) is 21.5. The SMILES string of the molecule is CCOC(=O)c1cn(Cc2c(C(F)(F)F)c3cc(C4CC4)ccc3n2COCC[Si](C)(C)C)nn1. The predicted octanol–water partition coefficient (Wildman–Crippen LogP) is 5.67. The lowest BCUT2D eigenvalue weighted by atomic mass is 10.0. The normalized spacial score (nSPS) is 14.6. The second-order valence-corrected chi connectivity index (χ2v) is 15.8. The second kappa shape index (κ2) is 9.77. The summed E-state index contributed by atoms with van der Waals surface area (Å²) in [4.78, 5) is 12.0. The van der Waals surface area contributed by atoms with Gasteiger partial charge in [0.15, 0.2) is 5.69 Å². The second-order valence-electron chi connectivity index (χ2n) is 10.2. The van der Waals surface area contributed by atoms with E-state index >= 15 is 0 Å². The Labute approximate surface area is 203 Å². The van der Waals surface area contributed by atoms with Crippen molar-refractivity contribution in [2.24, 2.45) is 0 Å². The Bertz CT molecular complexity index is 1210. The summed E-state index contributed by atoms with van der Waals surface area (Å²) in [6, 6.07) is 6.25. The third-order valence-corrected chi connectivity index (χ3v) is 7.78. The summed E-state index contributed by atoms with van der Waals surface area (Å²) in [6.45, 7) is 8.75. The molecule has 0 aliphatic heterocycles. The van der Waals surface area contributed by atoms with Crippen molar-refractivity contribution < 1.29 is 27.4 Å². The number of benzene rings is 1. The molecule has 1 aliphatic carbocycles. The van der Waals surface area contributed by atoms with Crippen molar-refractivity contribution in [3.05, 3.63) is 46.9 Å². The first-order valence-electron chi connectivity index (χ1n) is 11.8. The predicted molar refractivity (Wildman–Crippen MR) is 128 cm³/mol. The Kier molecular flexibility index (Phi) is 7.10. The largest absolute Gasteiger partial charge is 0.461 e. The van der Waals surface area contributed by atoms with E-state index in [-0.39, 0.29) is 36.7 Å². The number of fused-ring (bicyclic) bond motifs is 1. The fourth-order valence-corrected chi connectivity index (χ4v) is 4.84. The molecule has 2 aromatic heterocycles. The Morgan fingerprint density at radius 2 is 1.97 bits per heavy atom. The highest BCUT2D eigenvalue weighted by molar-refractivity contribution is 6.76. The number of carbonyl (C=O) groups excluding carboxylic acids is 1. The molecule has 0 unspecified atom stereocenters.